The van der Waals surface area contributed by atoms with Gasteiger partial charge < -0.3 is 5.11 Å². The van der Waals surface area contributed by atoms with Gasteiger partial charge in [0.15, 0.2) is 0 Å². The van der Waals surface area contributed by atoms with Crippen molar-refractivity contribution >= 4 is 5.78 Å². The average molecular weight is 188 g/mol. The minimum Gasteiger partial charge on any atom is -0.400 e. The summed E-state index contributed by atoms with van der Waals surface area (Å²) in [6.07, 6.45) is 6.17. The van der Waals surface area contributed by atoms with Gasteiger partial charge in [-0.15, -0.1) is 0 Å². The van der Waals surface area contributed by atoms with Crippen molar-refractivity contribution in [2.24, 2.45) is 5.92 Å². The lowest BCUT2D eigenvalue weighted by atomic mass is 9.87. The van der Waals surface area contributed by atoms with E-state index in [9.17, 15) is 4.79 Å². The normalized spacial score (nSPS) is 16.1. The number of hydrogen-bond acceptors (Lipinski definition) is 2. The van der Waals surface area contributed by atoms with E-state index in [4.69, 9.17) is 5.11 Å². The van der Waals surface area contributed by atoms with E-state index in [0.29, 0.717) is 11.7 Å². The molecule has 0 saturated heterocycles. The predicted octanol–water partition coefficient (Wildman–Crippen LogP) is 2.79. The van der Waals surface area contributed by atoms with Gasteiger partial charge in [0, 0.05) is 13.0 Å². The highest BCUT2D eigenvalue weighted by Crippen LogP contribution is 2.23. The summed E-state index contributed by atoms with van der Waals surface area (Å²) in [5, 5.41) is 7.00. The topological polar surface area (TPSA) is 37.3 Å². The van der Waals surface area contributed by atoms with Gasteiger partial charge in [0.1, 0.15) is 5.78 Å². The molecule has 0 heterocycles. The van der Waals surface area contributed by atoms with Crippen molar-refractivity contribution in [1.82, 2.24) is 0 Å². The molecule has 0 amide bonds. The lowest BCUT2D eigenvalue weighted by molar-refractivity contribution is -0.121. The highest BCUT2D eigenvalue weighted by atomic mass is 16.2. The lowest BCUT2D eigenvalue weighted by Crippen LogP contribution is -2.13. The molecule has 1 fully saturated rings. The fraction of sp³-hybridized carbons (Fsp3) is 0.909. The number of carbonyl (C=O) groups excluding carboxylic acids is 1. The number of aliphatic hydroxyl groups excluding tert-OH is 1. The summed E-state index contributed by atoms with van der Waals surface area (Å²) in [6.45, 7) is 5.72. The fourth-order valence-electron chi connectivity index (χ4n) is 1.51. The lowest BCUT2D eigenvalue weighted by Gasteiger charge is -2.17. The van der Waals surface area contributed by atoms with Gasteiger partial charge in [0.25, 0.3) is 0 Å². The number of aliphatic hydroxyl groups is 1. The number of Topliss-reactive ketones (excluding diaryl/α,β-unsaturated/α-hetero) is 1. The molecule has 0 aromatic rings. The Hall–Kier alpha value is -0.370. The Morgan fingerprint density at radius 1 is 1.08 bits per heavy atom. The van der Waals surface area contributed by atoms with Crippen molar-refractivity contribution in [3.05, 3.63) is 0 Å². The van der Waals surface area contributed by atoms with E-state index < -0.39 is 0 Å². The highest BCUT2D eigenvalue weighted by molar-refractivity contribution is 5.78. The molecule has 1 aliphatic rings. The zero-order valence-corrected chi connectivity index (χ0v) is 9.47. The molecule has 1 saturated carbocycles. The van der Waals surface area contributed by atoms with Crippen molar-refractivity contribution in [2.75, 3.05) is 7.11 Å². The van der Waals surface area contributed by atoms with Crippen LogP contribution >= 0.6 is 0 Å². The molecule has 2 heteroatoms. The first kappa shape index (κ1) is 15.1. The van der Waals surface area contributed by atoms with Crippen LogP contribution in [0.15, 0.2) is 0 Å². The zero-order valence-electron chi connectivity index (χ0n) is 9.47. The van der Waals surface area contributed by atoms with Crippen LogP contribution in [-0.2, 0) is 4.79 Å². The molecule has 0 aliphatic heterocycles. The summed E-state index contributed by atoms with van der Waals surface area (Å²) >= 11 is 0. The molecule has 80 valence electrons. The van der Waals surface area contributed by atoms with Crippen LogP contribution in [0.25, 0.3) is 0 Å². The molecule has 2 nitrogen and oxygen atoms in total. The largest absolute Gasteiger partial charge is 0.400 e. The van der Waals surface area contributed by atoms with E-state index in [1.807, 2.05) is 13.8 Å². The fourth-order valence-corrected chi connectivity index (χ4v) is 1.51. The first-order chi connectivity index (χ1) is 6.30. The van der Waals surface area contributed by atoms with Gasteiger partial charge in [-0.2, -0.15) is 0 Å². The third kappa shape index (κ3) is 7.97. The van der Waals surface area contributed by atoms with Crippen molar-refractivity contribution in [1.29, 1.82) is 0 Å². The summed E-state index contributed by atoms with van der Waals surface area (Å²) in [5.74, 6) is 0.813. The molecular formula is C11H24O2. The molecule has 0 atom stereocenters. The molecule has 1 rings (SSSR count). The second kappa shape index (κ2) is 11.6. The summed E-state index contributed by atoms with van der Waals surface area (Å²) in [5.41, 5.74) is 0. The van der Waals surface area contributed by atoms with Gasteiger partial charge in [0.05, 0.1) is 0 Å². The van der Waals surface area contributed by atoms with Crippen LogP contribution in [0.4, 0.5) is 0 Å². The summed E-state index contributed by atoms with van der Waals surface area (Å²) in [7, 11) is 1.00. The van der Waals surface area contributed by atoms with E-state index in [-0.39, 0.29) is 0 Å². The molecule has 0 aromatic heterocycles. The number of carbonyl (C=O) groups is 1. The average Bonchev–Trinajstić information content (AvgIpc) is 2.25. The third-order valence-corrected chi connectivity index (χ3v) is 2.18. The first-order valence-corrected chi connectivity index (χ1v) is 5.26. The number of ketones is 1. The van der Waals surface area contributed by atoms with Crippen LogP contribution in [0.5, 0.6) is 0 Å². The Kier molecular flexibility index (Phi) is 13.5. The number of rotatable bonds is 1. The molecule has 0 spiro atoms. The molecule has 0 bridgehead atoms. The Labute approximate surface area is 82.4 Å². The second-order valence-electron chi connectivity index (χ2n) is 2.95. The molecule has 0 aromatic carbocycles. The van der Waals surface area contributed by atoms with Gasteiger partial charge in [-0.1, -0.05) is 33.1 Å². The van der Waals surface area contributed by atoms with Crippen LogP contribution in [0.3, 0.4) is 0 Å². The Balaban J connectivity index is 0. The maximum absolute atomic E-state index is 10.8. The SMILES string of the molecule is CC.CC(=O)C1CCCCC1.CO. The first-order valence-electron chi connectivity index (χ1n) is 5.26. The molecule has 1 aliphatic carbocycles. The molecular weight excluding hydrogens is 164 g/mol. The molecule has 13 heavy (non-hydrogen) atoms. The van der Waals surface area contributed by atoms with Crippen LogP contribution in [0.2, 0.25) is 0 Å². The summed E-state index contributed by atoms with van der Waals surface area (Å²) in [6, 6.07) is 0. The standard InChI is InChI=1S/C8H14O.C2H6.CH4O/c1-7(9)8-5-3-2-4-6-8;2*1-2/h8H,2-6H2,1H3;1-2H3;2H,1H3. The summed E-state index contributed by atoms with van der Waals surface area (Å²) < 4.78 is 0. The predicted molar refractivity (Wildman–Crippen MR) is 56.7 cm³/mol. The van der Waals surface area contributed by atoms with Gasteiger partial charge in [-0.25, -0.2) is 0 Å². The quantitative estimate of drug-likeness (QED) is 0.687. The minimum absolute atomic E-state index is 0.398. The van der Waals surface area contributed by atoms with E-state index in [2.05, 4.69) is 0 Å². The Morgan fingerprint density at radius 3 is 1.69 bits per heavy atom. The number of hydrogen-bond donors (Lipinski definition) is 1. The van der Waals surface area contributed by atoms with Gasteiger partial charge in [0.2, 0.25) is 0 Å². The Bertz CT molecular complexity index is 105. The van der Waals surface area contributed by atoms with Gasteiger partial charge in [-0.05, 0) is 19.8 Å². The maximum Gasteiger partial charge on any atom is 0.132 e. The van der Waals surface area contributed by atoms with E-state index >= 15 is 0 Å². The van der Waals surface area contributed by atoms with Crippen molar-refractivity contribution < 1.29 is 9.90 Å². The monoisotopic (exact) mass is 188 g/mol. The van der Waals surface area contributed by atoms with Crippen molar-refractivity contribution in [2.45, 2.75) is 52.9 Å². The van der Waals surface area contributed by atoms with E-state index in [0.717, 1.165) is 20.0 Å². The second-order valence-corrected chi connectivity index (χ2v) is 2.95. The van der Waals surface area contributed by atoms with Crippen LogP contribution in [0, 0.1) is 5.92 Å². The maximum atomic E-state index is 10.8. The summed E-state index contributed by atoms with van der Waals surface area (Å²) in [4.78, 5) is 10.8. The van der Waals surface area contributed by atoms with Crippen LogP contribution in [0.1, 0.15) is 52.9 Å². The zero-order chi connectivity index (χ0) is 10.7. The van der Waals surface area contributed by atoms with E-state index in [1.165, 1.54) is 19.3 Å². The highest BCUT2D eigenvalue weighted by Gasteiger charge is 2.16. The molecule has 0 radical (unpaired) electrons. The van der Waals surface area contributed by atoms with Gasteiger partial charge >= 0.3 is 0 Å². The van der Waals surface area contributed by atoms with Crippen molar-refractivity contribution in [3.8, 4) is 0 Å². The molecule has 1 N–H and O–H groups in total. The Morgan fingerprint density at radius 2 is 1.46 bits per heavy atom. The van der Waals surface area contributed by atoms with Gasteiger partial charge in [-0.3, -0.25) is 4.79 Å². The van der Waals surface area contributed by atoms with Crippen molar-refractivity contribution in [3.63, 3.8) is 0 Å². The third-order valence-electron chi connectivity index (χ3n) is 2.18. The smallest absolute Gasteiger partial charge is 0.132 e. The van der Waals surface area contributed by atoms with Crippen LogP contribution in [-0.4, -0.2) is 18.0 Å². The minimum atomic E-state index is 0.398. The van der Waals surface area contributed by atoms with Crippen LogP contribution < -0.4 is 0 Å². The molecule has 0 unspecified atom stereocenters. The van der Waals surface area contributed by atoms with E-state index in [1.54, 1.807) is 6.92 Å².